The second-order valence-corrected chi connectivity index (χ2v) is 7.78. The molecule has 0 fully saturated rings. The molecule has 0 bridgehead atoms. The largest absolute Gasteiger partial charge is 0.358 e. The summed E-state index contributed by atoms with van der Waals surface area (Å²) < 4.78 is 0. The Morgan fingerprint density at radius 3 is 2.16 bits per heavy atom. The Morgan fingerprint density at radius 2 is 1.52 bits per heavy atom. The third-order valence-electron chi connectivity index (χ3n) is 3.75. The summed E-state index contributed by atoms with van der Waals surface area (Å²) in [7, 11) is 0. The minimum atomic E-state index is 0.988. The molecule has 1 N–H and O–H groups in total. The normalized spacial score (nSPS) is 12.4. The van der Waals surface area contributed by atoms with E-state index in [4.69, 9.17) is 4.99 Å². The first-order valence-corrected chi connectivity index (χ1v) is 10.7. The minimum absolute atomic E-state index is 0.988. The standard InChI is InChI=1S/C21H26N2S2/c1-14-7-9-18(20(11-14)24-5)22-16(3)13-17(4)23-19-10-8-15(2)12-21(19)25-6/h7-13,22H,1-6H3. The number of rotatable bonds is 6. The Morgan fingerprint density at radius 1 is 0.920 bits per heavy atom. The average Bonchev–Trinajstić information content (AvgIpc) is 2.57. The number of anilines is 1. The Kier molecular flexibility index (Phi) is 7.21. The van der Waals surface area contributed by atoms with Crippen molar-refractivity contribution >= 4 is 40.6 Å². The van der Waals surface area contributed by atoms with Gasteiger partial charge in [-0.05, 0) is 81.7 Å². The van der Waals surface area contributed by atoms with Gasteiger partial charge in [-0.15, -0.1) is 23.5 Å². The van der Waals surface area contributed by atoms with E-state index in [-0.39, 0.29) is 0 Å². The number of allylic oxidation sites excluding steroid dienone is 2. The number of thioether (sulfide) groups is 2. The van der Waals surface area contributed by atoms with E-state index >= 15 is 0 Å². The summed E-state index contributed by atoms with van der Waals surface area (Å²) in [6.07, 6.45) is 6.29. The second-order valence-electron chi connectivity index (χ2n) is 6.08. The number of benzene rings is 2. The van der Waals surface area contributed by atoms with Gasteiger partial charge in [0.15, 0.2) is 0 Å². The van der Waals surface area contributed by atoms with Crippen molar-refractivity contribution in [3.05, 3.63) is 59.3 Å². The fourth-order valence-electron chi connectivity index (χ4n) is 2.56. The van der Waals surface area contributed by atoms with E-state index in [1.165, 1.54) is 20.9 Å². The lowest BCUT2D eigenvalue weighted by atomic mass is 10.2. The molecule has 0 unspecified atom stereocenters. The summed E-state index contributed by atoms with van der Waals surface area (Å²) in [5.74, 6) is 0. The Hall–Kier alpha value is -1.65. The average molecular weight is 371 g/mol. The molecule has 2 aromatic carbocycles. The van der Waals surface area contributed by atoms with E-state index in [0.717, 1.165) is 22.8 Å². The third-order valence-corrected chi connectivity index (χ3v) is 5.29. The number of aryl methyl sites for hydroxylation is 2. The molecular formula is C21H26N2S2. The quantitative estimate of drug-likeness (QED) is 0.444. The molecule has 0 aliphatic rings. The van der Waals surface area contributed by atoms with Crippen molar-refractivity contribution in [2.24, 2.45) is 4.99 Å². The summed E-state index contributed by atoms with van der Waals surface area (Å²) in [6.45, 7) is 8.35. The molecule has 25 heavy (non-hydrogen) atoms. The lowest BCUT2D eigenvalue weighted by Gasteiger charge is -2.12. The highest BCUT2D eigenvalue weighted by Crippen LogP contribution is 2.30. The van der Waals surface area contributed by atoms with Gasteiger partial charge in [0.1, 0.15) is 0 Å². The van der Waals surface area contributed by atoms with Crippen LogP contribution in [-0.2, 0) is 0 Å². The maximum absolute atomic E-state index is 4.78. The van der Waals surface area contributed by atoms with Crippen LogP contribution in [0.3, 0.4) is 0 Å². The van der Waals surface area contributed by atoms with Crippen LogP contribution in [0.2, 0.25) is 0 Å². The summed E-state index contributed by atoms with van der Waals surface area (Å²) >= 11 is 3.49. The van der Waals surface area contributed by atoms with Gasteiger partial charge in [-0.2, -0.15) is 0 Å². The van der Waals surface area contributed by atoms with Gasteiger partial charge < -0.3 is 5.32 Å². The molecular weight excluding hydrogens is 344 g/mol. The van der Waals surface area contributed by atoms with Crippen LogP contribution in [0.25, 0.3) is 0 Å². The molecule has 132 valence electrons. The van der Waals surface area contributed by atoms with E-state index in [1.54, 1.807) is 23.5 Å². The first-order chi connectivity index (χ1) is 11.9. The van der Waals surface area contributed by atoms with Gasteiger partial charge in [0.05, 0.1) is 11.4 Å². The second kappa shape index (κ2) is 9.16. The van der Waals surface area contributed by atoms with Crippen LogP contribution >= 0.6 is 23.5 Å². The highest BCUT2D eigenvalue weighted by Gasteiger charge is 2.03. The summed E-state index contributed by atoms with van der Waals surface area (Å²) in [6, 6.07) is 12.9. The zero-order valence-corrected chi connectivity index (χ0v) is 17.4. The van der Waals surface area contributed by atoms with Crippen LogP contribution in [0.5, 0.6) is 0 Å². The molecule has 0 spiro atoms. The topological polar surface area (TPSA) is 24.4 Å². The monoisotopic (exact) mass is 370 g/mol. The van der Waals surface area contributed by atoms with Gasteiger partial charge >= 0.3 is 0 Å². The molecule has 2 aromatic rings. The van der Waals surface area contributed by atoms with E-state index in [0.29, 0.717) is 0 Å². The van der Waals surface area contributed by atoms with Crippen molar-refractivity contribution in [1.82, 2.24) is 0 Å². The molecule has 0 atom stereocenters. The molecule has 0 aliphatic carbocycles. The van der Waals surface area contributed by atoms with Crippen molar-refractivity contribution < 1.29 is 0 Å². The van der Waals surface area contributed by atoms with Gasteiger partial charge in [-0.25, -0.2) is 0 Å². The molecule has 0 amide bonds. The van der Waals surface area contributed by atoms with Crippen LogP contribution < -0.4 is 5.32 Å². The van der Waals surface area contributed by atoms with Crippen LogP contribution in [0.1, 0.15) is 25.0 Å². The first-order valence-electron chi connectivity index (χ1n) is 8.23. The summed E-state index contributed by atoms with van der Waals surface area (Å²) in [5, 5.41) is 3.50. The van der Waals surface area contributed by atoms with E-state index < -0.39 is 0 Å². The third kappa shape index (κ3) is 5.68. The van der Waals surface area contributed by atoms with Gasteiger partial charge in [-0.1, -0.05) is 12.1 Å². The highest BCUT2D eigenvalue weighted by atomic mass is 32.2. The summed E-state index contributed by atoms with van der Waals surface area (Å²) in [5.41, 5.74) is 6.77. The zero-order valence-electron chi connectivity index (χ0n) is 15.8. The van der Waals surface area contributed by atoms with E-state index in [1.807, 2.05) is 6.92 Å². The molecule has 0 saturated heterocycles. The van der Waals surface area contributed by atoms with Gasteiger partial charge in [0.25, 0.3) is 0 Å². The molecule has 0 heterocycles. The number of nitrogens with zero attached hydrogens (tertiary/aromatic N) is 1. The van der Waals surface area contributed by atoms with Crippen molar-refractivity contribution in [3.63, 3.8) is 0 Å². The molecule has 0 aromatic heterocycles. The maximum atomic E-state index is 4.78. The Bertz CT molecular complexity index is 808. The maximum Gasteiger partial charge on any atom is 0.0768 e. The van der Waals surface area contributed by atoms with Crippen molar-refractivity contribution in [2.45, 2.75) is 37.5 Å². The lowest BCUT2D eigenvalue weighted by Crippen LogP contribution is -2.00. The molecule has 4 heteroatoms. The molecule has 0 radical (unpaired) electrons. The molecule has 0 aliphatic heterocycles. The number of aliphatic imine (C=N–C) groups is 1. The predicted octanol–water partition coefficient (Wildman–Crippen LogP) is 6.86. The fraction of sp³-hybridized carbons (Fsp3) is 0.286. The van der Waals surface area contributed by atoms with E-state index in [9.17, 15) is 0 Å². The van der Waals surface area contributed by atoms with Gasteiger partial charge in [0, 0.05) is 21.2 Å². The van der Waals surface area contributed by atoms with E-state index in [2.05, 4.69) is 81.1 Å². The van der Waals surface area contributed by atoms with Crippen LogP contribution in [0, 0.1) is 13.8 Å². The summed E-state index contributed by atoms with van der Waals surface area (Å²) in [4.78, 5) is 7.25. The highest BCUT2D eigenvalue weighted by molar-refractivity contribution is 7.99. The first kappa shape index (κ1) is 19.7. The zero-order chi connectivity index (χ0) is 18.4. The van der Waals surface area contributed by atoms with Crippen molar-refractivity contribution in [2.75, 3.05) is 17.8 Å². The smallest absolute Gasteiger partial charge is 0.0768 e. The molecule has 2 nitrogen and oxygen atoms in total. The van der Waals surface area contributed by atoms with Crippen LogP contribution in [0.4, 0.5) is 11.4 Å². The minimum Gasteiger partial charge on any atom is -0.358 e. The number of hydrogen-bond acceptors (Lipinski definition) is 4. The van der Waals surface area contributed by atoms with Crippen molar-refractivity contribution in [1.29, 1.82) is 0 Å². The van der Waals surface area contributed by atoms with Crippen LogP contribution in [-0.4, -0.2) is 18.2 Å². The van der Waals surface area contributed by atoms with Crippen LogP contribution in [0.15, 0.2) is 63.0 Å². The van der Waals surface area contributed by atoms with Crippen molar-refractivity contribution in [3.8, 4) is 0 Å². The predicted molar refractivity (Wildman–Crippen MR) is 116 cm³/mol. The molecule has 0 saturated carbocycles. The Balaban J connectivity index is 2.22. The SMILES string of the molecule is CSc1cc(C)ccc1N=C(C)C=C(C)Nc1ccc(C)cc1SC. The molecule has 2 rings (SSSR count). The Labute approximate surface area is 160 Å². The number of nitrogens with one attached hydrogen (secondary N) is 1. The van der Waals surface area contributed by atoms with Gasteiger partial charge in [-0.3, -0.25) is 4.99 Å². The number of hydrogen-bond donors (Lipinski definition) is 1. The van der Waals surface area contributed by atoms with Gasteiger partial charge in [0.2, 0.25) is 0 Å². The lowest BCUT2D eigenvalue weighted by molar-refractivity contribution is 1.29. The fourth-order valence-corrected chi connectivity index (χ4v) is 3.83.